The molecule has 2 atom stereocenters. The molecule has 134 valence electrons. The number of carbonyl (C=O) groups is 2. The Labute approximate surface area is 136 Å². The van der Waals surface area contributed by atoms with Crippen molar-refractivity contribution < 1.29 is 32.7 Å². The summed E-state index contributed by atoms with van der Waals surface area (Å²) in [6.07, 6.45) is -0.640. The summed E-state index contributed by atoms with van der Waals surface area (Å²) in [5.74, 6) is -1.29. The van der Waals surface area contributed by atoms with Gasteiger partial charge < -0.3 is 18.5 Å². The average Bonchev–Trinajstić information content (AvgIpc) is 3.10. The molecule has 0 aliphatic carbocycles. The lowest BCUT2D eigenvalue weighted by molar-refractivity contribution is -0.141. The first-order valence-corrected chi connectivity index (χ1v) is 9.20. The lowest BCUT2D eigenvalue weighted by atomic mass is 10.2. The molecule has 1 aliphatic rings. The van der Waals surface area contributed by atoms with E-state index in [1.54, 1.807) is 34.6 Å². The van der Waals surface area contributed by atoms with Gasteiger partial charge in [-0.05, 0) is 34.6 Å². The summed E-state index contributed by atoms with van der Waals surface area (Å²) in [5.41, 5.74) is -0.697. The first kappa shape index (κ1) is 19.9. The number of esters is 1. The van der Waals surface area contributed by atoms with Gasteiger partial charge in [0.25, 0.3) is 0 Å². The van der Waals surface area contributed by atoms with Crippen LogP contribution < -0.4 is 0 Å². The fraction of sp³-hybridized carbons (Fsp3) is 0.857. The van der Waals surface area contributed by atoms with Gasteiger partial charge in [-0.15, -0.1) is 0 Å². The Morgan fingerprint density at radius 1 is 1.13 bits per heavy atom. The molecule has 8 nitrogen and oxygen atoms in total. The lowest BCUT2D eigenvalue weighted by Gasteiger charge is -2.21. The molecule has 0 unspecified atom stereocenters. The first-order valence-electron chi connectivity index (χ1n) is 7.59. The van der Waals surface area contributed by atoms with E-state index in [1.165, 1.54) is 11.8 Å². The van der Waals surface area contributed by atoms with Crippen molar-refractivity contribution in [3.63, 3.8) is 0 Å². The Hall–Kier alpha value is -1.11. The van der Waals surface area contributed by atoms with Crippen LogP contribution >= 0.6 is 7.60 Å². The monoisotopic (exact) mass is 351 g/mol. The number of hydrogen-bond donors (Lipinski definition) is 0. The van der Waals surface area contributed by atoms with E-state index in [4.69, 9.17) is 18.5 Å². The van der Waals surface area contributed by atoms with Gasteiger partial charge in [-0.3, -0.25) is 14.3 Å². The maximum absolute atomic E-state index is 12.9. The van der Waals surface area contributed by atoms with Gasteiger partial charge in [0.2, 0.25) is 0 Å². The van der Waals surface area contributed by atoms with Crippen molar-refractivity contribution in [3.8, 4) is 0 Å². The predicted octanol–water partition coefficient (Wildman–Crippen LogP) is 2.76. The van der Waals surface area contributed by atoms with Crippen LogP contribution in [0.1, 0.15) is 41.5 Å². The summed E-state index contributed by atoms with van der Waals surface area (Å²) >= 11 is 0. The molecule has 0 bridgehead atoms. The van der Waals surface area contributed by atoms with E-state index >= 15 is 0 Å². The van der Waals surface area contributed by atoms with Gasteiger partial charge in [0, 0.05) is 6.92 Å². The van der Waals surface area contributed by atoms with Crippen LogP contribution in [0.15, 0.2) is 0 Å². The Bertz CT molecular complexity index is 478. The largest absolute Gasteiger partial charge is 0.464 e. The summed E-state index contributed by atoms with van der Waals surface area (Å²) < 4.78 is 33.7. The van der Waals surface area contributed by atoms with Gasteiger partial charge in [-0.25, -0.2) is 4.79 Å². The molecule has 0 aromatic carbocycles. The third-order valence-corrected chi connectivity index (χ3v) is 5.38. The van der Waals surface area contributed by atoms with E-state index in [9.17, 15) is 14.2 Å². The van der Waals surface area contributed by atoms with E-state index in [2.05, 4.69) is 0 Å². The molecular weight excluding hydrogens is 325 g/mol. The zero-order chi connectivity index (χ0) is 17.8. The topological polar surface area (TPSA) is 91.1 Å². The van der Waals surface area contributed by atoms with Crippen LogP contribution in [-0.4, -0.2) is 54.2 Å². The summed E-state index contributed by atoms with van der Waals surface area (Å²) in [6, 6.07) is -0.585. The molecule has 1 aliphatic heterocycles. The van der Waals surface area contributed by atoms with Gasteiger partial charge >= 0.3 is 19.7 Å². The van der Waals surface area contributed by atoms with Crippen LogP contribution in [0.25, 0.3) is 0 Å². The maximum Gasteiger partial charge on any atom is 0.411 e. The molecule has 9 heteroatoms. The number of nitrogens with zero attached hydrogens (tertiary/aromatic N) is 1. The maximum atomic E-state index is 12.9. The molecule has 0 aromatic heterocycles. The van der Waals surface area contributed by atoms with Crippen molar-refractivity contribution in [2.45, 2.75) is 59.0 Å². The average molecular weight is 351 g/mol. The Balaban J connectivity index is 2.93. The number of carbonyl (C=O) groups excluding carboxylic acids is 2. The molecule has 1 heterocycles. The van der Waals surface area contributed by atoms with E-state index in [0.29, 0.717) is 0 Å². The normalized spacial score (nSPS) is 21.0. The smallest absolute Gasteiger partial charge is 0.411 e. The molecule has 23 heavy (non-hydrogen) atoms. The van der Waals surface area contributed by atoms with Crippen molar-refractivity contribution >= 4 is 19.7 Å². The second-order valence-electron chi connectivity index (χ2n) is 6.05. The predicted molar refractivity (Wildman–Crippen MR) is 83.1 cm³/mol. The van der Waals surface area contributed by atoms with E-state index in [-0.39, 0.29) is 19.8 Å². The molecule has 0 spiro atoms. The quantitative estimate of drug-likeness (QED) is 0.396. The van der Waals surface area contributed by atoms with Crippen molar-refractivity contribution in [2.24, 2.45) is 0 Å². The standard InChI is InChI=1S/C14H26NO7P/c1-7-20-23(18,21-8-2)12-11(9-19-10(3)16)15(12)13(17)22-14(4,5)6/h11-12H,7-9H2,1-6H3/t11-,12+,15?/m0/s1. The van der Waals surface area contributed by atoms with Crippen LogP contribution in [-0.2, 0) is 27.9 Å². The van der Waals surface area contributed by atoms with E-state index in [1.807, 2.05) is 0 Å². The lowest BCUT2D eigenvalue weighted by Crippen LogP contribution is -2.29. The highest BCUT2D eigenvalue weighted by Crippen LogP contribution is 2.63. The minimum absolute atomic E-state index is 0.0800. The minimum Gasteiger partial charge on any atom is -0.464 e. The summed E-state index contributed by atoms with van der Waals surface area (Å²) in [4.78, 5) is 24.5. The second kappa shape index (κ2) is 7.64. The van der Waals surface area contributed by atoms with Crippen LogP contribution in [0.2, 0.25) is 0 Å². The van der Waals surface area contributed by atoms with E-state index in [0.717, 1.165) is 0 Å². The van der Waals surface area contributed by atoms with Crippen LogP contribution in [0.3, 0.4) is 0 Å². The van der Waals surface area contributed by atoms with Crippen molar-refractivity contribution in [2.75, 3.05) is 19.8 Å². The SMILES string of the molecule is CCOP(=O)(OCC)[C@@H]1[C@H](COC(C)=O)N1C(=O)OC(C)(C)C. The molecule has 0 N–H and O–H groups in total. The number of ether oxygens (including phenoxy) is 2. The zero-order valence-electron chi connectivity index (χ0n) is 14.5. The Kier molecular flexibility index (Phi) is 6.62. The van der Waals surface area contributed by atoms with E-state index < -0.39 is 37.1 Å². The third-order valence-electron chi connectivity index (χ3n) is 2.90. The minimum atomic E-state index is -3.54. The van der Waals surface area contributed by atoms with Crippen molar-refractivity contribution in [1.29, 1.82) is 0 Å². The second-order valence-corrected chi connectivity index (χ2v) is 8.17. The molecule has 1 fully saturated rings. The molecule has 0 saturated carbocycles. The summed E-state index contributed by atoms with van der Waals surface area (Å²) in [6.45, 7) is 10.1. The van der Waals surface area contributed by atoms with Crippen molar-refractivity contribution in [1.82, 2.24) is 4.90 Å². The van der Waals surface area contributed by atoms with Crippen molar-refractivity contribution in [3.05, 3.63) is 0 Å². The molecule has 1 saturated heterocycles. The highest BCUT2D eigenvalue weighted by Gasteiger charge is 2.64. The van der Waals surface area contributed by atoms with Gasteiger partial charge in [0.15, 0.2) is 5.78 Å². The Morgan fingerprint density at radius 2 is 1.65 bits per heavy atom. The highest BCUT2D eigenvalue weighted by atomic mass is 31.2. The van der Waals surface area contributed by atoms with Gasteiger partial charge in [-0.2, -0.15) is 0 Å². The number of amides is 1. The third kappa shape index (κ3) is 5.48. The zero-order valence-corrected chi connectivity index (χ0v) is 15.4. The number of hydrogen-bond acceptors (Lipinski definition) is 7. The molecule has 1 amide bonds. The first-order chi connectivity index (χ1) is 10.6. The summed E-state index contributed by atoms with van der Waals surface area (Å²) in [7, 11) is -3.54. The fourth-order valence-corrected chi connectivity index (χ4v) is 4.35. The molecule has 0 radical (unpaired) electrons. The van der Waals surface area contributed by atoms with Gasteiger partial charge in [0.1, 0.15) is 18.2 Å². The summed E-state index contributed by atoms with van der Waals surface area (Å²) in [5, 5.41) is 0. The molecule has 0 aromatic rings. The fourth-order valence-electron chi connectivity index (χ4n) is 2.11. The highest BCUT2D eigenvalue weighted by molar-refractivity contribution is 7.55. The van der Waals surface area contributed by atoms with Gasteiger partial charge in [-0.1, -0.05) is 0 Å². The molecule has 1 rings (SSSR count). The molecular formula is C14H26NO7P. The van der Waals surface area contributed by atoms with Crippen LogP contribution in [0.4, 0.5) is 4.79 Å². The van der Waals surface area contributed by atoms with Crippen LogP contribution in [0.5, 0.6) is 0 Å². The van der Waals surface area contributed by atoms with Crippen LogP contribution in [0, 0.1) is 0 Å². The van der Waals surface area contributed by atoms with Gasteiger partial charge in [0.05, 0.1) is 13.2 Å². The Morgan fingerprint density at radius 3 is 2.04 bits per heavy atom. The number of rotatable bonds is 7.